The van der Waals surface area contributed by atoms with Crippen molar-refractivity contribution < 1.29 is 4.74 Å². The molecule has 3 aromatic rings. The minimum atomic E-state index is 0.541. The lowest BCUT2D eigenvalue weighted by Crippen LogP contribution is -2.34. The fraction of sp³-hybridized carbons (Fsp3) is 0.318. The van der Waals surface area contributed by atoms with Crippen LogP contribution in [-0.2, 0) is 6.61 Å². The van der Waals surface area contributed by atoms with Gasteiger partial charge in [-0.15, -0.1) is 0 Å². The van der Waals surface area contributed by atoms with E-state index in [0.29, 0.717) is 6.61 Å². The first kappa shape index (κ1) is 17.3. The maximum atomic E-state index is 6.11. The first-order chi connectivity index (χ1) is 12.7. The number of anilines is 1. The molecule has 0 unspecified atom stereocenters. The molecular formula is C22H23BrN2O. The second-order valence-electron chi connectivity index (χ2n) is 7.11. The maximum absolute atomic E-state index is 6.11. The summed E-state index contributed by atoms with van der Waals surface area (Å²) in [7, 11) is 0. The van der Waals surface area contributed by atoms with E-state index in [9.17, 15) is 0 Å². The summed E-state index contributed by atoms with van der Waals surface area (Å²) in [4.78, 5) is 7.36. The third kappa shape index (κ3) is 3.85. The average molecular weight is 411 g/mol. The molecule has 0 aliphatic carbocycles. The fourth-order valence-electron chi connectivity index (χ4n) is 3.54. The Balaban J connectivity index is 1.59. The summed E-state index contributed by atoms with van der Waals surface area (Å²) < 4.78 is 7.19. The molecule has 0 spiro atoms. The van der Waals surface area contributed by atoms with Gasteiger partial charge in [0, 0.05) is 22.9 Å². The largest absolute Gasteiger partial charge is 0.487 e. The third-order valence-corrected chi connectivity index (χ3v) is 5.49. The van der Waals surface area contributed by atoms with Gasteiger partial charge >= 0.3 is 0 Å². The summed E-state index contributed by atoms with van der Waals surface area (Å²) in [5.41, 5.74) is 2.09. The number of piperidine rings is 1. The molecule has 26 heavy (non-hydrogen) atoms. The number of fused-ring (bicyclic) bond motifs is 1. The van der Waals surface area contributed by atoms with E-state index in [1.165, 1.54) is 12.8 Å². The maximum Gasteiger partial charge on any atom is 0.146 e. The summed E-state index contributed by atoms with van der Waals surface area (Å²) >= 11 is 3.47. The van der Waals surface area contributed by atoms with Crippen LogP contribution in [0, 0.1) is 5.92 Å². The van der Waals surface area contributed by atoms with Crippen LogP contribution in [0.2, 0.25) is 0 Å². The van der Waals surface area contributed by atoms with Gasteiger partial charge < -0.3 is 9.64 Å². The molecule has 3 nitrogen and oxygen atoms in total. The van der Waals surface area contributed by atoms with E-state index in [-0.39, 0.29) is 0 Å². The molecule has 2 heterocycles. The van der Waals surface area contributed by atoms with Crippen molar-refractivity contribution in [1.82, 2.24) is 4.98 Å². The van der Waals surface area contributed by atoms with E-state index < -0.39 is 0 Å². The average Bonchev–Trinajstić information content (AvgIpc) is 2.67. The number of aromatic nitrogens is 1. The van der Waals surface area contributed by atoms with Gasteiger partial charge in [-0.3, -0.25) is 0 Å². The van der Waals surface area contributed by atoms with E-state index >= 15 is 0 Å². The molecule has 1 aromatic heterocycles. The topological polar surface area (TPSA) is 25.4 Å². The number of para-hydroxylation sites is 1. The quantitative estimate of drug-likeness (QED) is 0.542. The first-order valence-electron chi connectivity index (χ1n) is 9.21. The standard InChI is InChI=1S/C22H23BrN2O/c1-16-4-3-13-25(14-16)21-12-9-18-5-2-6-20(22(18)24-21)26-15-17-7-10-19(23)11-8-17/h2,5-12,16H,3-4,13-15H2,1H3/t16-/m0/s1. The number of benzene rings is 2. The zero-order valence-electron chi connectivity index (χ0n) is 15.0. The minimum absolute atomic E-state index is 0.541. The van der Waals surface area contributed by atoms with Crippen LogP contribution < -0.4 is 9.64 Å². The summed E-state index contributed by atoms with van der Waals surface area (Å²) in [5, 5.41) is 1.12. The zero-order chi connectivity index (χ0) is 17.9. The Hall–Kier alpha value is -2.07. The van der Waals surface area contributed by atoms with Crippen molar-refractivity contribution >= 4 is 32.7 Å². The normalized spacial score (nSPS) is 17.5. The van der Waals surface area contributed by atoms with Gasteiger partial charge in [0.1, 0.15) is 23.7 Å². The molecule has 2 aromatic carbocycles. The van der Waals surface area contributed by atoms with Crippen molar-refractivity contribution in [2.24, 2.45) is 5.92 Å². The number of pyridine rings is 1. The highest BCUT2D eigenvalue weighted by atomic mass is 79.9. The third-order valence-electron chi connectivity index (χ3n) is 4.96. The molecular weight excluding hydrogens is 388 g/mol. The van der Waals surface area contributed by atoms with E-state index in [0.717, 1.165) is 51.5 Å². The molecule has 4 heteroatoms. The van der Waals surface area contributed by atoms with Crippen molar-refractivity contribution in [3.63, 3.8) is 0 Å². The Labute approximate surface area is 163 Å². The van der Waals surface area contributed by atoms with Crippen molar-refractivity contribution in [3.8, 4) is 5.75 Å². The van der Waals surface area contributed by atoms with E-state index in [2.05, 4.69) is 58.1 Å². The lowest BCUT2D eigenvalue weighted by molar-refractivity contribution is 0.309. The van der Waals surface area contributed by atoms with Gasteiger partial charge in [-0.2, -0.15) is 0 Å². The molecule has 1 aliphatic rings. The Morgan fingerprint density at radius 1 is 1.12 bits per heavy atom. The van der Waals surface area contributed by atoms with E-state index in [4.69, 9.17) is 9.72 Å². The van der Waals surface area contributed by atoms with E-state index in [1.54, 1.807) is 0 Å². The first-order valence-corrected chi connectivity index (χ1v) is 10.0. The van der Waals surface area contributed by atoms with Crippen LogP contribution in [0.1, 0.15) is 25.3 Å². The molecule has 1 fully saturated rings. The molecule has 1 atom stereocenters. The summed E-state index contributed by atoms with van der Waals surface area (Å²) in [5.74, 6) is 2.63. The van der Waals surface area contributed by atoms with Gasteiger partial charge in [0.25, 0.3) is 0 Å². The highest BCUT2D eigenvalue weighted by Crippen LogP contribution is 2.29. The molecule has 0 radical (unpaired) electrons. The van der Waals surface area contributed by atoms with Gasteiger partial charge in [-0.1, -0.05) is 47.1 Å². The molecule has 134 valence electrons. The lowest BCUT2D eigenvalue weighted by Gasteiger charge is -2.32. The van der Waals surface area contributed by atoms with Crippen LogP contribution in [0.15, 0.2) is 59.1 Å². The van der Waals surface area contributed by atoms with Gasteiger partial charge in [-0.05, 0) is 54.7 Å². The highest BCUT2D eigenvalue weighted by Gasteiger charge is 2.18. The second-order valence-corrected chi connectivity index (χ2v) is 8.02. The smallest absolute Gasteiger partial charge is 0.146 e. The van der Waals surface area contributed by atoms with Crippen LogP contribution >= 0.6 is 15.9 Å². The molecule has 4 rings (SSSR count). The monoisotopic (exact) mass is 410 g/mol. The number of ether oxygens (including phenoxy) is 1. The Morgan fingerprint density at radius 2 is 1.96 bits per heavy atom. The van der Waals surface area contributed by atoms with Crippen LogP contribution in [0.4, 0.5) is 5.82 Å². The summed E-state index contributed by atoms with van der Waals surface area (Å²) in [6.07, 6.45) is 2.55. The Bertz CT molecular complexity index is 894. The van der Waals surface area contributed by atoms with Crippen molar-refractivity contribution in [2.75, 3.05) is 18.0 Å². The second kappa shape index (κ2) is 7.67. The molecule has 0 N–H and O–H groups in total. The van der Waals surface area contributed by atoms with Crippen molar-refractivity contribution in [1.29, 1.82) is 0 Å². The fourth-order valence-corrected chi connectivity index (χ4v) is 3.81. The Morgan fingerprint density at radius 3 is 2.77 bits per heavy atom. The van der Waals surface area contributed by atoms with Crippen LogP contribution in [0.25, 0.3) is 10.9 Å². The molecule has 0 amide bonds. The van der Waals surface area contributed by atoms with Crippen LogP contribution in [0.5, 0.6) is 5.75 Å². The number of nitrogens with zero attached hydrogens (tertiary/aromatic N) is 2. The molecule has 0 saturated carbocycles. The summed E-state index contributed by atoms with van der Waals surface area (Å²) in [6.45, 7) is 5.03. The van der Waals surface area contributed by atoms with Gasteiger partial charge in [0.15, 0.2) is 0 Å². The highest BCUT2D eigenvalue weighted by molar-refractivity contribution is 9.10. The van der Waals surface area contributed by atoms with Crippen LogP contribution in [0.3, 0.4) is 0 Å². The number of rotatable bonds is 4. The number of halogens is 1. The van der Waals surface area contributed by atoms with Crippen LogP contribution in [-0.4, -0.2) is 18.1 Å². The lowest BCUT2D eigenvalue weighted by atomic mass is 10.0. The van der Waals surface area contributed by atoms with E-state index in [1.807, 2.05) is 24.3 Å². The predicted octanol–water partition coefficient (Wildman–Crippen LogP) is 5.81. The Kier molecular flexibility index (Phi) is 5.11. The molecule has 1 aliphatic heterocycles. The zero-order valence-corrected chi connectivity index (χ0v) is 16.6. The SMILES string of the molecule is C[C@H]1CCCN(c2ccc3cccc(OCc4ccc(Br)cc4)c3n2)C1. The molecule has 1 saturated heterocycles. The predicted molar refractivity (Wildman–Crippen MR) is 111 cm³/mol. The van der Waals surface area contributed by atoms with Crippen molar-refractivity contribution in [2.45, 2.75) is 26.4 Å². The molecule has 0 bridgehead atoms. The summed E-state index contributed by atoms with van der Waals surface area (Å²) in [6, 6.07) is 18.7. The van der Waals surface area contributed by atoms with Crippen molar-refractivity contribution in [3.05, 3.63) is 64.6 Å². The number of hydrogen-bond donors (Lipinski definition) is 0. The minimum Gasteiger partial charge on any atom is -0.487 e. The number of hydrogen-bond acceptors (Lipinski definition) is 3. The van der Waals surface area contributed by atoms with Gasteiger partial charge in [0.05, 0.1) is 0 Å². The van der Waals surface area contributed by atoms with Gasteiger partial charge in [-0.25, -0.2) is 4.98 Å². The van der Waals surface area contributed by atoms with Gasteiger partial charge in [0.2, 0.25) is 0 Å².